The fourth-order valence-electron chi connectivity index (χ4n) is 5.27. The molecule has 8 heteroatoms. The van der Waals surface area contributed by atoms with Gasteiger partial charge in [0, 0.05) is 34.8 Å². The van der Waals surface area contributed by atoms with Crippen molar-refractivity contribution >= 4 is 22.5 Å². The third-order valence-corrected chi connectivity index (χ3v) is 7.35. The number of fused-ring (bicyclic) bond motifs is 2. The van der Waals surface area contributed by atoms with Gasteiger partial charge in [0.15, 0.2) is 0 Å². The summed E-state index contributed by atoms with van der Waals surface area (Å²) >= 11 is 6.57. The lowest BCUT2D eigenvalue weighted by Crippen LogP contribution is -2.18. The molecule has 5 aromatic rings. The Morgan fingerprint density at radius 2 is 1.95 bits per heavy atom. The van der Waals surface area contributed by atoms with Crippen LogP contribution in [0.4, 0.5) is 0 Å². The molecule has 0 saturated heterocycles. The summed E-state index contributed by atoms with van der Waals surface area (Å²) in [5.41, 5.74) is 6.90. The molecule has 3 heterocycles. The number of rotatable bonds is 6. The first-order valence-electron chi connectivity index (χ1n) is 13.3. The van der Waals surface area contributed by atoms with Crippen molar-refractivity contribution in [1.29, 1.82) is 0 Å². The average Bonchev–Trinajstić information content (AvgIpc) is 3.57. The summed E-state index contributed by atoms with van der Waals surface area (Å²) in [5, 5.41) is 20.0. The highest BCUT2D eigenvalue weighted by molar-refractivity contribution is 6.31. The normalized spacial score (nSPS) is 15.4. The van der Waals surface area contributed by atoms with Crippen molar-refractivity contribution in [2.75, 3.05) is 6.61 Å². The van der Waals surface area contributed by atoms with Crippen LogP contribution in [0.3, 0.4) is 0 Å². The predicted octanol–water partition coefficient (Wildman–Crippen LogP) is 6.64. The highest BCUT2D eigenvalue weighted by Crippen LogP contribution is 2.42. The molecule has 2 aromatic carbocycles. The van der Waals surface area contributed by atoms with Crippen LogP contribution in [0.25, 0.3) is 22.2 Å². The van der Waals surface area contributed by atoms with Gasteiger partial charge in [0.2, 0.25) is 5.88 Å². The number of aliphatic hydroxyl groups excluding tert-OH is 2. The number of nitrogens with one attached hydrogen (secondary N) is 1. The van der Waals surface area contributed by atoms with E-state index in [-0.39, 0.29) is 12.6 Å². The number of aromatic amines is 1. The van der Waals surface area contributed by atoms with Gasteiger partial charge < -0.3 is 24.5 Å². The molecule has 2 atom stereocenters. The van der Waals surface area contributed by atoms with Gasteiger partial charge in [-0.3, -0.25) is 0 Å². The molecule has 7 nitrogen and oxygen atoms in total. The number of aromatic nitrogens is 4. The van der Waals surface area contributed by atoms with Crippen molar-refractivity contribution in [2.24, 2.45) is 0 Å². The summed E-state index contributed by atoms with van der Waals surface area (Å²) in [4.78, 5) is 12.5. The van der Waals surface area contributed by atoms with Crippen molar-refractivity contribution in [3.63, 3.8) is 0 Å². The lowest BCUT2D eigenvalue weighted by atomic mass is 9.87. The molecule has 0 bridgehead atoms. The summed E-state index contributed by atoms with van der Waals surface area (Å²) in [6.45, 7) is 4.13. The van der Waals surface area contributed by atoms with Crippen LogP contribution in [0.1, 0.15) is 61.2 Å². The second kappa shape index (κ2) is 12.0. The summed E-state index contributed by atoms with van der Waals surface area (Å²) in [5.74, 6) is 0.548. The number of halogens is 1. The summed E-state index contributed by atoms with van der Waals surface area (Å²) < 4.78 is 8.21. The first-order chi connectivity index (χ1) is 19.0. The Bertz CT molecular complexity index is 1540. The van der Waals surface area contributed by atoms with Crippen LogP contribution < -0.4 is 4.74 Å². The molecule has 1 aliphatic rings. The maximum absolute atomic E-state index is 10.6. The first-order valence-corrected chi connectivity index (χ1v) is 13.7. The number of hydrogen-bond acceptors (Lipinski definition) is 5. The van der Waals surface area contributed by atoms with Crippen LogP contribution in [-0.2, 0) is 13.0 Å². The predicted molar refractivity (Wildman–Crippen MR) is 154 cm³/mol. The van der Waals surface area contributed by atoms with Crippen molar-refractivity contribution in [1.82, 2.24) is 19.5 Å². The van der Waals surface area contributed by atoms with E-state index in [1.54, 1.807) is 20.0 Å². The summed E-state index contributed by atoms with van der Waals surface area (Å²) in [7, 11) is 0. The van der Waals surface area contributed by atoms with Crippen LogP contribution >= 0.6 is 11.6 Å². The van der Waals surface area contributed by atoms with E-state index in [1.165, 1.54) is 11.1 Å². The zero-order valence-corrected chi connectivity index (χ0v) is 22.9. The molecular weight excluding hydrogens is 512 g/mol. The molecule has 0 radical (unpaired) electrons. The fourth-order valence-corrected chi connectivity index (χ4v) is 5.55. The Morgan fingerprint density at radius 1 is 1.15 bits per heavy atom. The molecule has 0 spiro atoms. The number of ether oxygens (including phenoxy) is 1. The minimum atomic E-state index is -0.718. The highest BCUT2D eigenvalue weighted by Gasteiger charge is 2.28. The highest BCUT2D eigenvalue weighted by atomic mass is 35.5. The number of benzene rings is 2. The van der Waals surface area contributed by atoms with Crippen LogP contribution in [0.5, 0.6) is 5.88 Å². The number of nitrogens with zero attached hydrogens (tertiary/aromatic N) is 3. The Labute approximate surface area is 233 Å². The van der Waals surface area contributed by atoms with E-state index in [4.69, 9.17) is 21.4 Å². The Morgan fingerprint density at radius 3 is 2.72 bits per heavy atom. The molecule has 39 heavy (non-hydrogen) atoms. The van der Waals surface area contributed by atoms with Gasteiger partial charge in [0.25, 0.3) is 0 Å². The molecular formula is C31H33ClN4O3. The van der Waals surface area contributed by atoms with Gasteiger partial charge in [-0.1, -0.05) is 54.1 Å². The van der Waals surface area contributed by atoms with Crippen LogP contribution in [-0.4, -0.2) is 36.3 Å². The van der Waals surface area contributed by atoms with E-state index < -0.39 is 6.10 Å². The topological polar surface area (TPSA) is 96.2 Å². The number of hydrogen-bond donors (Lipinski definition) is 3. The Kier molecular flexibility index (Phi) is 8.31. The van der Waals surface area contributed by atoms with Crippen molar-refractivity contribution in [3.8, 4) is 17.1 Å². The Balaban J connectivity index is 0.000000983. The molecule has 0 saturated carbocycles. The molecule has 3 aromatic heterocycles. The zero-order valence-electron chi connectivity index (χ0n) is 22.1. The monoisotopic (exact) mass is 544 g/mol. The number of H-pyrrole nitrogens is 1. The van der Waals surface area contributed by atoms with Crippen LogP contribution in [0.2, 0.25) is 5.02 Å². The van der Waals surface area contributed by atoms with Crippen LogP contribution in [0, 0.1) is 0 Å². The van der Waals surface area contributed by atoms with Gasteiger partial charge in [0.05, 0.1) is 41.6 Å². The zero-order chi connectivity index (χ0) is 27.4. The Hall–Kier alpha value is -3.65. The lowest BCUT2D eigenvalue weighted by Gasteiger charge is -2.29. The van der Waals surface area contributed by atoms with Gasteiger partial charge >= 0.3 is 0 Å². The van der Waals surface area contributed by atoms with Crippen molar-refractivity contribution in [3.05, 3.63) is 101 Å². The molecule has 6 rings (SSSR count). The number of pyridine rings is 1. The fraction of sp³-hybridized carbons (Fsp3) is 0.290. The third kappa shape index (κ3) is 5.57. The molecule has 0 amide bonds. The molecule has 3 N–H and O–H groups in total. The van der Waals surface area contributed by atoms with Gasteiger partial charge in [-0.25, -0.2) is 9.97 Å². The lowest BCUT2D eigenvalue weighted by molar-refractivity contribution is 0.195. The van der Waals surface area contributed by atoms with Gasteiger partial charge in [0.1, 0.15) is 6.61 Å². The maximum Gasteiger partial charge on any atom is 0.214 e. The SMILES string of the molecule is CC(O)c1ncn(C2CCCc3c(Cl)cccc32)c1-c1c[nH]c2cnc(OCc3ccccc3)cc12.CCO. The standard InChI is InChI=1S/C29H27ClN4O2.C2H6O/c1-18(35)28-29(34(17-33-28)26-12-6-9-20-21(26)10-5-11-24(20)30)23-14-31-25-15-32-27(13-22(23)25)36-16-19-7-3-2-4-8-19;1-2-3/h2-5,7-8,10-11,13-15,17-18,26,31,35H,6,9,12,16H2,1H3;3H,2H2,1H3. The van der Waals surface area contributed by atoms with E-state index in [0.717, 1.165) is 52.0 Å². The van der Waals surface area contributed by atoms with Gasteiger partial charge in [-0.2, -0.15) is 0 Å². The second-order valence-electron chi connectivity index (χ2n) is 9.64. The second-order valence-corrected chi connectivity index (χ2v) is 10.0. The quantitative estimate of drug-likeness (QED) is 0.223. The molecule has 0 fully saturated rings. The minimum Gasteiger partial charge on any atom is -0.473 e. The van der Waals surface area contributed by atoms with E-state index >= 15 is 0 Å². The smallest absolute Gasteiger partial charge is 0.214 e. The summed E-state index contributed by atoms with van der Waals surface area (Å²) in [6, 6.07) is 18.2. The van der Waals surface area contributed by atoms with E-state index in [1.807, 2.05) is 61.1 Å². The third-order valence-electron chi connectivity index (χ3n) is 7.00. The number of imidazole rings is 1. The average molecular weight is 545 g/mol. The molecule has 202 valence electrons. The van der Waals surface area contributed by atoms with E-state index in [2.05, 4.69) is 25.6 Å². The molecule has 2 unspecified atom stereocenters. The van der Waals surface area contributed by atoms with Gasteiger partial charge in [-0.15, -0.1) is 0 Å². The minimum absolute atomic E-state index is 0.0861. The van der Waals surface area contributed by atoms with Gasteiger partial charge in [-0.05, 0) is 55.9 Å². The molecule has 1 aliphatic carbocycles. The van der Waals surface area contributed by atoms with Crippen molar-refractivity contribution in [2.45, 2.75) is 51.9 Å². The molecule has 0 aliphatic heterocycles. The van der Waals surface area contributed by atoms with Crippen LogP contribution in [0.15, 0.2) is 73.3 Å². The largest absolute Gasteiger partial charge is 0.473 e. The van der Waals surface area contributed by atoms with Crippen molar-refractivity contribution < 1.29 is 14.9 Å². The first kappa shape index (κ1) is 26.9. The van der Waals surface area contributed by atoms with E-state index in [9.17, 15) is 5.11 Å². The summed E-state index contributed by atoms with van der Waals surface area (Å²) in [6.07, 6.45) is 7.88. The number of aliphatic hydroxyl groups is 2. The maximum atomic E-state index is 10.6. The van der Waals surface area contributed by atoms with E-state index in [0.29, 0.717) is 18.2 Å².